The number of hydrogen-bond donors (Lipinski definition) is 1. The molecule has 1 N–H and O–H groups in total. The summed E-state index contributed by atoms with van der Waals surface area (Å²) in [5, 5.41) is 3.49. The smallest absolute Gasteiger partial charge is 0.343 e. The molecular formula is C18H23N3O5S2. The first-order valence-corrected chi connectivity index (χ1v) is 11.5. The zero-order chi connectivity index (χ0) is 20.6. The molecule has 0 unspecified atom stereocenters. The molecule has 3 rings (SSSR count). The molecule has 0 aliphatic carbocycles. The van der Waals surface area contributed by atoms with Gasteiger partial charge in [0.15, 0.2) is 16.4 Å². The highest BCUT2D eigenvalue weighted by atomic mass is 32.2. The minimum absolute atomic E-state index is 0.0865. The number of ether oxygens (including phenoxy) is 1. The molecule has 2 aromatic rings. The first kappa shape index (κ1) is 20.5. The van der Waals surface area contributed by atoms with E-state index >= 15 is 0 Å². The van der Waals surface area contributed by atoms with Crippen molar-refractivity contribution in [1.82, 2.24) is 8.94 Å². The van der Waals surface area contributed by atoms with E-state index in [-0.39, 0.29) is 29.9 Å². The van der Waals surface area contributed by atoms with Crippen LogP contribution in [0.2, 0.25) is 0 Å². The van der Waals surface area contributed by atoms with Crippen molar-refractivity contribution in [3.05, 3.63) is 34.3 Å². The Morgan fingerprint density at radius 3 is 2.68 bits per heavy atom. The van der Waals surface area contributed by atoms with Gasteiger partial charge in [-0.2, -0.15) is 4.37 Å². The lowest BCUT2D eigenvalue weighted by atomic mass is 10.1. The minimum atomic E-state index is -3.03. The Kier molecular flexibility index (Phi) is 5.62. The highest BCUT2D eigenvalue weighted by Crippen LogP contribution is 2.29. The molecular weight excluding hydrogens is 402 g/mol. The zero-order valence-corrected chi connectivity index (χ0v) is 17.9. The number of Topliss-reactive ketones (excluding diaryl/α,β-unsaturated/α-hetero) is 1. The number of carbonyl (C=O) groups excluding carboxylic acids is 2. The minimum Gasteiger partial charge on any atom is -0.454 e. The van der Waals surface area contributed by atoms with Gasteiger partial charge in [0.2, 0.25) is 5.78 Å². The fourth-order valence-electron chi connectivity index (χ4n) is 3.66. The number of carbonyl (C=O) groups is 2. The van der Waals surface area contributed by atoms with Gasteiger partial charge in [-0.15, -0.1) is 0 Å². The van der Waals surface area contributed by atoms with Crippen molar-refractivity contribution in [2.45, 2.75) is 33.2 Å². The van der Waals surface area contributed by atoms with Gasteiger partial charge in [0.1, 0.15) is 10.6 Å². The van der Waals surface area contributed by atoms with Crippen LogP contribution < -0.4 is 5.32 Å². The van der Waals surface area contributed by atoms with Crippen LogP contribution in [0.15, 0.2) is 6.07 Å². The molecule has 3 heterocycles. The van der Waals surface area contributed by atoms with E-state index in [9.17, 15) is 18.0 Å². The van der Waals surface area contributed by atoms with Crippen molar-refractivity contribution >= 4 is 38.1 Å². The lowest BCUT2D eigenvalue weighted by Gasteiger charge is -2.16. The first-order valence-electron chi connectivity index (χ1n) is 8.87. The van der Waals surface area contributed by atoms with E-state index in [1.165, 1.54) is 0 Å². The van der Waals surface area contributed by atoms with Crippen LogP contribution in [-0.4, -0.2) is 54.3 Å². The van der Waals surface area contributed by atoms with Crippen LogP contribution in [0.4, 0.5) is 5.00 Å². The molecule has 0 spiro atoms. The van der Waals surface area contributed by atoms with Crippen molar-refractivity contribution in [3.8, 4) is 0 Å². The van der Waals surface area contributed by atoms with E-state index in [0.29, 0.717) is 33.9 Å². The summed E-state index contributed by atoms with van der Waals surface area (Å²) in [4.78, 5) is 25.0. The third-order valence-corrected chi connectivity index (χ3v) is 7.69. The highest BCUT2D eigenvalue weighted by Gasteiger charge is 2.32. The Balaban J connectivity index is 1.74. The Labute approximate surface area is 168 Å². The number of nitrogens with one attached hydrogen (secondary N) is 1. The van der Waals surface area contributed by atoms with E-state index in [0.717, 1.165) is 17.2 Å². The molecule has 0 amide bonds. The van der Waals surface area contributed by atoms with E-state index in [4.69, 9.17) is 4.74 Å². The summed E-state index contributed by atoms with van der Waals surface area (Å²) in [5.41, 5.74) is 2.85. The average molecular weight is 426 g/mol. The predicted octanol–water partition coefficient (Wildman–Crippen LogP) is 2.31. The van der Waals surface area contributed by atoms with Crippen molar-refractivity contribution in [2.75, 3.05) is 30.5 Å². The maximum atomic E-state index is 12.6. The number of aryl methyl sites for hydroxylation is 2. The topological polar surface area (TPSA) is 107 Å². The first-order chi connectivity index (χ1) is 13.1. The number of ketones is 1. The number of hydrogen-bond acceptors (Lipinski definition) is 8. The third kappa shape index (κ3) is 3.83. The van der Waals surface area contributed by atoms with Gasteiger partial charge in [0, 0.05) is 30.0 Å². The van der Waals surface area contributed by atoms with Crippen LogP contribution in [0.3, 0.4) is 0 Å². The molecule has 1 aliphatic heterocycles. The van der Waals surface area contributed by atoms with Gasteiger partial charge in [-0.25, -0.2) is 13.2 Å². The van der Waals surface area contributed by atoms with Crippen molar-refractivity contribution in [2.24, 2.45) is 0 Å². The highest BCUT2D eigenvalue weighted by molar-refractivity contribution is 7.91. The quantitative estimate of drug-likeness (QED) is 0.559. The van der Waals surface area contributed by atoms with Crippen molar-refractivity contribution in [3.63, 3.8) is 0 Å². The summed E-state index contributed by atoms with van der Waals surface area (Å²) in [6.45, 7) is 4.96. The molecule has 1 saturated heterocycles. The van der Waals surface area contributed by atoms with E-state index in [1.807, 2.05) is 11.5 Å². The van der Waals surface area contributed by atoms with Crippen LogP contribution in [-0.2, 0) is 14.6 Å². The van der Waals surface area contributed by atoms with Crippen LogP contribution in [0.5, 0.6) is 0 Å². The molecule has 152 valence electrons. The summed E-state index contributed by atoms with van der Waals surface area (Å²) < 4.78 is 34.9. The number of esters is 1. The summed E-state index contributed by atoms with van der Waals surface area (Å²) in [7, 11) is -1.34. The second kappa shape index (κ2) is 7.67. The Hall–Kier alpha value is -2.20. The summed E-state index contributed by atoms with van der Waals surface area (Å²) >= 11 is 1.16. The molecule has 2 aromatic heterocycles. The normalized spacial score (nSPS) is 18.2. The monoisotopic (exact) mass is 425 g/mol. The maximum Gasteiger partial charge on any atom is 0.343 e. The molecule has 0 radical (unpaired) electrons. The van der Waals surface area contributed by atoms with Crippen LogP contribution in [0.1, 0.15) is 50.3 Å². The zero-order valence-electron chi connectivity index (χ0n) is 16.2. The summed E-state index contributed by atoms with van der Waals surface area (Å²) in [6, 6.07) is 1.57. The lowest BCUT2D eigenvalue weighted by Crippen LogP contribution is -2.17. The Morgan fingerprint density at radius 1 is 1.36 bits per heavy atom. The van der Waals surface area contributed by atoms with Crippen molar-refractivity contribution < 1.29 is 22.7 Å². The number of rotatable bonds is 6. The second-order valence-corrected chi connectivity index (χ2v) is 9.94. The number of anilines is 1. The number of nitrogens with zero attached hydrogens (tertiary/aromatic N) is 2. The molecule has 28 heavy (non-hydrogen) atoms. The molecule has 1 aliphatic rings. The van der Waals surface area contributed by atoms with Crippen LogP contribution >= 0.6 is 11.5 Å². The van der Waals surface area contributed by atoms with E-state index in [1.54, 1.807) is 27.0 Å². The van der Waals surface area contributed by atoms with Gasteiger partial charge >= 0.3 is 5.97 Å². The standard InChI is InChI=1S/C18H23N3O5S2/c1-10-7-14(12(3)21(10)13-5-6-28(24,25)9-13)15(22)8-26-18(23)16-11(2)20-27-17(16)19-4/h7,13,19H,5-6,8-9H2,1-4H3/t13-/m1/s1. The van der Waals surface area contributed by atoms with Crippen LogP contribution in [0, 0.1) is 20.8 Å². The molecule has 0 saturated carbocycles. The fraction of sp³-hybridized carbons (Fsp3) is 0.500. The number of aromatic nitrogens is 2. The van der Waals surface area contributed by atoms with Crippen molar-refractivity contribution in [1.29, 1.82) is 0 Å². The maximum absolute atomic E-state index is 12.6. The van der Waals surface area contributed by atoms with E-state index in [2.05, 4.69) is 9.69 Å². The van der Waals surface area contributed by atoms with E-state index < -0.39 is 15.8 Å². The summed E-state index contributed by atoms with van der Waals surface area (Å²) in [5.74, 6) is -0.666. The Morgan fingerprint density at radius 2 is 2.07 bits per heavy atom. The van der Waals surface area contributed by atoms with Gasteiger partial charge in [-0.3, -0.25) is 4.79 Å². The van der Waals surface area contributed by atoms with Crippen LogP contribution in [0.25, 0.3) is 0 Å². The van der Waals surface area contributed by atoms with Gasteiger partial charge < -0.3 is 14.6 Å². The molecule has 0 bridgehead atoms. The SMILES string of the molecule is CNc1snc(C)c1C(=O)OCC(=O)c1cc(C)n([C@@H]2CCS(=O)(=O)C2)c1C. The second-order valence-electron chi connectivity index (χ2n) is 6.93. The lowest BCUT2D eigenvalue weighted by molar-refractivity contribution is 0.0475. The molecule has 8 nitrogen and oxygen atoms in total. The van der Waals surface area contributed by atoms with Gasteiger partial charge in [0.25, 0.3) is 0 Å². The largest absolute Gasteiger partial charge is 0.454 e. The Bertz CT molecular complexity index is 1040. The van der Waals surface area contributed by atoms with Gasteiger partial charge in [-0.1, -0.05) is 0 Å². The van der Waals surface area contributed by atoms with Gasteiger partial charge in [-0.05, 0) is 44.8 Å². The predicted molar refractivity (Wildman–Crippen MR) is 107 cm³/mol. The molecule has 1 atom stereocenters. The number of sulfone groups is 1. The molecule has 0 aromatic carbocycles. The molecule has 10 heteroatoms. The summed E-state index contributed by atoms with van der Waals surface area (Å²) in [6.07, 6.45) is 0.540. The van der Waals surface area contributed by atoms with Gasteiger partial charge in [0.05, 0.1) is 17.2 Å². The average Bonchev–Trinajstić information content (AvgIpc) is 3.27. The molecule has 1 fully saturated rings. The fourth-order valence-corrected chi connectivity index (χ4v) is 6.10. The third-order valence-electron chi connectivity index (χ3n) is 4.99.